The molecule has 1 heterocycles. The van der Waals surface area contributed by atoms with E-state index in [-0.39, 0.29) is 30.4 Å². The summed E-state index contributed by atoms with van der Waals surface area (Å²) in [4.78, 5) is 39.4. The highest BCUT2D eigenvalue weighted by atomic mass is 16.5. The fourth-order valence-electron chi connectivity index (χ4n) is 6.30. The van der Waals surface area contributed by atoms with Crippen molar-refractivity contribution in [2.45, 2.75) is 62.9 Å². The van der Waals surface area contributed by atoms with E-state index < -0.39 is 17.6 Å². The number of amides is 2. The van der Waals surface area contributed by atoms with Gasteiger partial charge in [0, 0.05) is 24.4 Å². The molecule has 0 aromatic heterocycles. The summed E-state index contributed by atoms with van der Waals surface area (Å²) in [5, 5.41) is 12.7. The van der Waals surface area contributed by atoms with E-state index in [1.54, 1.807) is 4.90 Å². The summed E-state index contributed by atoms with van der Waals surface area (Å²) in [7, 11) is 0. The number of hydrogen-bond acceptors (Lipinski definition) is 4. The Labute approximate surface area is 205 Å². The van der Waals surface area contributed by atoms with Crippen LogP contribution in [0.2, 0.25) is 0 Å². The Hall–Kier alpha value is -3.35. The van der Waals surface area contributed by atoms with Gasteiger partial charge in [-0.05, 0) is 60.8 Å². The fourth-order valence-corrected chi connectivity index (χ4v) is 6.30. The second-order valence-corrected chi connectivity index (χ2v) is 9.96. The summed E-state index contributed by atoms with van der Waals surface area (Å²) >= 11 is 0. The van der Waals surface area contributed by atoms with Crippen molar-refractivity contribution in [3.63, 3.8) is 0 Å². The monoisotopic (exact) mass is 476 g/mol. The highest BCUT2D eigenvalue weighted by molar-refractivity contribution is 5.89. The first-order chi connectivity index (χ1) is 16.9. The molecule has 5 rings (SSSR count). The van der Waals surface area contributed by atoms with Gasteiger partial charge in [-0.3, -0.25) is 4.79 Å². The number of aliphatic carboxylic acids is 1. The molecule has 0 bridgehead atoms. The molecule has 1 saturated carbocycles. The van der Waals surface area contributed by atoms with Gasteiger partial charge in [0.25, 0.3) is 0 Å². The second kappa shape index (κ2) is 9.36. The van der Waals surface area contributed by atoms with Crippen molar-refractivity contribution < 1.29 is 24.2 Å². The number of alkyl carbamates (subject to hydrolysis) is 1. The quantitative estimate of drug-likeness (QED) is 0.638. The summed E-state index contributed by atoms with van der Waals surface area (Å²) in [6.07, 6.45) is 2.98. The molecule has 1 unspecified atom stereocenters. The van der Waals surface area contributed by atoms with Crippen molar-refractivity contribution in [3.8, 4) is 11.1 Å². The first kappa shape index (κ1) is 23.4. The van der Waals surface area contributed by atoms with Crippen molar-refractivity contribution in [2.24, 2.45) is 5.92 Å². The number of carboxylic acid groups (broad SMARTS) is 1. The normalized spacial score (nSPS) is 25.2. The van der Waals surface area contributed by atoms with Gasteiger partial charge >= 0.3 is 12.1 Å². The Bertz CT molecular complexity index is 1100. The van der Waals surface area contributed by atoms with Gasteiger partial charge in [-0.25, -0.2) is 9.59 Å². The highest BCUT2D eigenvalue weighted by Gasteiger charge is 2.50. The minimum Gasteiger partial charge on any atom is -0.479 e. The van der Waals surface area contributed by atoms with Crippen LogP contribution in [0.5, 0.6) is 0 Å². The van der Waals surface area contributed by atoms with Crippen LogP contribution in [0, 0.1) is 5.92 Å². The van der Waals surface area contributed by atoms with E-state index >= 15 is 0 Å². The highest BCUT2D eigenvalue weighted by Crippen LogP contribution is 2.44. The summed E-state index contributed by atoms with van der Waals surface area (Å²) in [5.41, 5.74) is 3.60. The number of fused-ring (bicyclic) bond motifs is 3. The van der Waals surface area contributed by atoms with Crippen molar-refractivity contribution >= 4 is 18.0 Å². The smallest absolute Gasteiger partial charge is 0.407 e. The molecule has 184 valence electrons. The Morgan fingerprint density at radius 1 is 1.06 bits per heavy atom. The third kappa shape index (κ3) is 4.07. The SMILES string of the molecule is CCC1(C(=O)O)CCCN1C(=O)[C@H]1CC[C@@H](NC(=O)OCC2c3ccccc3-c3ccccc32)C1. The number of benzene rings is 2. The van der Waals surface area contributed by atoms with Crippen LogP contribution in [0.15, 0.2) is 48.5 Å². The minimum atomic E-state index is -1.09. The molecule has 35 heavy (non-hydrogen) atoms. The lowest BCUT2D eigenvalue weighted by molar-refractivity contribution is -0.158. The fraction of sp³-hybridized carbons (Fsp3) is 0.464. The van der Waals surface area contributed by atoms with Crippen LogP contribution in [-0.4, -0.2) is 52.7 Å². The van der Waals surface area contributed by atoms with Gasteiger partial charge in [-0.1, -0.05) is 55.5 Å². The van der Waals surface area contributed by atoms with Crippen LogP contribution in [0.4, 0.5) is 4.79 Å². The number of rotatable bonds is 6. The van der Waals surface area contributed by atoms with E-state index in [0.29, 0.717) is 45.1 Å². The first-order valence-corrected chi connectivity index (χ1v) is 12.6. The van der Waals surface area contributed by atoms with E-state index in [9.17, 15) is 19.5 Å². The van der Waals surface area contributed by atoms with Gasteiger partial charge in [0.15, 0.2) is 0 Å². The van der Waals surface area contributed by atoms with Crippen LogP contribution in [0.3, 0.4) is 0 Å². The van der Waals surface area contributed by atoms with Crippen molar-refractivity contribution in [1.82, 2.24) is 10.2 Å². The van der Waals surface area contributed by atoms with Gasteiger partial charge in [0.2, 0.25) is 5.91 Å². The molecular weight excluding hydrogens is 444 g/mol. The number of carboxylic acids is 1. The van der Waals surface area contributed by atoms with Gasteiger partial charge in [0.1, 0.15) is 12.1 Å². The Morgan fingerprint density at radius 2 is 1.71 bits per heavy atom. The lowest BCUT2D eigenvalue weighted by Crippen LogP contribution is -2.54. The maximum Gasteiger partial charge on any atom is 0.407 e. The third-order valence-corrected chi connectivity index (χ3v) is 8.19. The number of nitrogens with one attached hydrogen (secondary N) is 1. The second-order valence-electron chi connectivity index (χ2n) is 9.96. The first-order valence-electron chi connectivity index (χ1n) is 12.6. The van der Waals surface area contributed by atoms with E-state index in [2.05, 4.69) is 29.6 Å². The molecule has 2 aliphatic carbocycles. The molecule has 0 spiro atoms. The molecule has 2 fully saturated rings. The van der Waals surface area contributed by atoms with E-state index in [1.165, 1.54) is 11.1 Å². The van der Waals surface area contributed by atoms with Crippen LogP contribution in [-0.2, 0) is 14.3 Å². The van der Waals surface area contributed by atoms with Gasteiger partial charge in [0.05, 0.1) is 0 Å². The van der Waals surface area contributed by atoms with Crippen LogP contribution < -0.4 is 5.32 Å². The van der Waals surface area contributed by atoms with Crippen LogP contribution >= 0.6 is 0 Å². The average Bonchev–Trinajstić information content (AvgIpc) is 3.59. The van der Waals surface area contributed by atoms with Gasteiger partial charge < -0.3 is 20.1 Å². The third-order valence-electron chi connectivity index (χ3n) is 8.19. The molecule has 1 saturated heterocycles. The summed E-state index contributed by atoms with van der Waals surface area (Å²) < 4.78 is 5.66. The number of ether oxygens (including phenoxy) is 1. The summed E-state index contributed by atoms with van der Waals surface area (Å²) in [5.74, 6) is -1.28. The molecule has 0 radical (unpaired) electrons. The van der Waals surface area contributed by atoms with E-state index in [0.717, 1.165) is 11.1 Å². The van der Waals surface area contributed by atoms with E-state index in [1.807, 2.05) is 31.2 Å². The standard InChI is InChI=1S/C28H32N2O5/c1-2-28(26(32)33)14-7-15-30(28)25(31)18-12-13-19(16-18)29-27(34)35-17-24-22-10-5-3-8-20(22)21-9-4-6-11-23(21)24/h3-6,8-11,18-19,24H,2,7,12-17H2,1H3,(H,29,34)(H,32,33)/t18-,19+,28?/m0/s1. The predicted octanol–water partition coefficient (Wildman–Crippen LogP) is 4.55. The topological polar surface area (TPSA) is 95.9 Å². The molecule has 7 heteroatoms. The van der Waals surface area contributed by atoms with Gasteiger partial charge in [-0.2, -0.15) is 0 Å². The Balaban J connectivity index is 1.17. The summed E-state index contributed by atoms with van der Waals surface area (Å²) in [6.45, 7) is 2.57. The molecule has 2 aromatic rings. The van der Waals surface area contributed by atoms with Crippen molar-refractivity contribution in [2.75, 3.05) is 13.2 Å². The molecule has 2 amide bonds. The lowest BCUT2D eigenvalue weighted by Gasteiger charge is -2.35. The Kier molecular flexibility index (Phi) is 6.26. The zero-order valence-electron chi connectivity index (χ0n) is 20.0. The number of carbonyl (C=O) groups excluding carboxylic acids is 2. The van der Waals surface area contributed by atoms with Crippen molar-refractivity contribution in [3.05, 3.63) is 59.7 Å². The average molecular weight is 477 g/mol. The maximum absolute atomic E-state index is 13.2. The van der Waals surface area contributed by atoms with Gasteiger partial charge in [-0.15, -0.1) is 0 Å². The van der Waals surface area contributed by atoms with Crippen molar-refractivity contribution in [1.29, 1.82) is 0 Å². The zero-order valence-corrected chi connectivity index (χ0v) is 20.0. The van der Waals surface area contributed by atoms with Crippen LogP contribution in [0.1, 0.15) is 62.5 Å². The molecule has 7 nitrogen and oxygen atoms in total. The molecule has 2 N–H and O–H groups in total. The molecule has 1 aliphatic heterocycles. The number of likely N-dealkylation sites (tertiary alicyclic amines) is 1. The zero-order chi connectivity index (χ0) is 24.6. The molecule has 2 aromatic carbocycles. The molecular formula is C28H32N2O5. The Morgan fingerprint density at radius 3 is 2.34 bits per heavy atom. The molecule has 3 aliphatic rings. The molecule has 3 atom stereocenters. The minimum absolute atomic E-state index is 0.000550. The largest absolute Gasteiger partial charge is 0.479 e. The van der Waals surface area contributed by atoms with Crippen LogP contribution in [0.25, 0.3) is 11.1 Å². The predicted molar refractivity (Wildman–Crippen MR) is 131 cm³/mol. The number of carbonyl (C=O) groups is 3. The number of nitrogens with zero attached hydrogens (tertiary/aromatic N) is 1. The number of hydrogen-bond donors (Lipinski definition) is 2. The van der Waals surface area contributed by atoms with E-state index in [4.69, 9.17) is 4.74 Å². The lowest BCUT2D eigenvalue weighted by atomic mass is 9.91. The summed E-state index contributed by atoms with van der Waals surface area (Å²) in [6, 6.07) is 16.3. The maximum atomic E-state index is 13.2.